The van der Waals surface area contributed by atoms with E-state index in [9.17, 15) is 0 Å². The maximum atomic E-state index is 6.09. The van der Waals surface area contributed by atoms with E-state index in [1.807, 2.05) is 12.1 Å². The molecule has 156 valence electrons. The highest BCUT2D eigenvalue weighted by Crippen LogP contribution is 2.29. The van der Waals surface area contributed by atoms with Crippen LogP contribution in [0.5, 0.6) is 0 Å². The molecule has 5 rings (SSSR count). The Kier molecular flexibility index (Phi) is 6.03. The summed E-state index contributed by atoms with van der Waals surface area (Å²) in [6.45, 7) is 2.23. The van der Waals surface area contributed by atoms with Gasteiger partial charge in [-0.2, -0.15) is 0 Å². The lowest BCUT2D eigenvalue weighted by atomic mass is 10.1. The summed E-state index contributed by atoms with van der Waals surface area (Å²) in [7, 11) is 0. The summed E-state index contributed by atoms with van der Waals surface area (Å²) in [6, 6.07) is 16.9. The van der Waals surface area contributed by atoms with Crippen LogP contribution in [-0.4, -0.2) is 54.0 Å². The molecule has 0 aliphatic carbocycles. The van der Waals surface area contributed by atoms with E-state index < -0.39 is 0 Å². The van der Waals surface area contributed by atoms with Crippen LogP contribution in [0.1, 0.15) is 12.0 Å². The van der Waals surface area contributed by atoms with Crippen molar-refractivity contribution in [1.29, 1.82) is 0 Å². The second-order valence-electron chi connectivity index (χ2n) is 7.74. The summed E-state index contributed by atoms with van der Waals surface area (Å²) < 4.78 is 12.2. The van der Waals surface area contributed by atoms with E-state index in [-0.39, 0.29) is 24.3 Å². The number of hydrogen-bond acceptors (Lipinski definition) is 7. The van der Waals surface area contributed by atoms with E-state index in [1.54, 1.807) is 17.5 Å². The van der Waals surface area contributed by atoms with Crippen LogP contribution < -0.4 is 10.6 Å². The number of fused-ring (bicyclic) bond motifs is 1. The average molecular weight is 423 g/mol. The molecule has 6 nitrogen and oxygen atoms in total. The minimum absolute atomic E-state index is 0.0191. The third kappa shape index (κ3) is 4.39. The summed E-state index contributed by atoms with van der Waals surface area (Å²) in [5.74, 6) is 0.623. The molecule has 0 spiro atoms. The molecule has 0 radical (unpaired) electrons. The Morgan fingerprint density at radius 2 is 1.80 bits per heavy atom. The summed E-state index contributed by atoms with van der Waals surface area (Å²) >= 11 is 1.68. The Morgan fingerprint density at radius 3 is 2.63 bits per heavy atom. The monoisotopic (exact) mass is 422 g/mol. The van der Waals surface area contributed by atoms with Crippen molar-refractivity contribution in [3.8, 4) is 10.6 Å². The Balaban J connectivity index is 1.13. The topological polar surface area (TPSA) is 68.3 Å². The number of aromatic nitrogens is 2. The molecule has 30 heavy (non-hydrogen) atoms. The van der Waals surface area contributed by atoms with Gasteiger partial charge in [-0.25, -0.2) is 9.97 Å². The third-order valence-electron chi connectivity index (χ3n) is 5.69. The minimum Gasteiger partial charge on any atom is -0.371 e. The zero-order chi connectivity index (χ0) is 20.2. The van der Waals surface area contributed by atoms with E-state index in [2.05, 4.69) is 62.4 Å². The van der Waals surface area contributed by atoms with E-state index in [4.69, 9.17) is 9.47 Å². The van der Waals surface area contributed by atoms with Crippen molar-refractivity contribution < 1.29 is 9.47 Å². The van der Waals surface area contributed by atoms with Crippen molar-refractivity contribution in [2.24, 2.45) is 0 Å². The zero-order valence-electron chi connectivity index (χ0n) is 16.7. The average Bonchev–Trinajstić information content (AvgIpc) is 3.52. The van der Waals surface area contributed by atoms with Gasteiger partial charge in [-0.05, 0) is 42.5 Å². The van der Waals surface area contributed by atoms with E-state index in [1.165, 1.54) is 5.56 Å². The number of benzene rings is 1. The normalized spacial score (nSPS) is 25.3. The highest BCUT2D eigenvalue weighted by atomic mass is 32.1. The molecule has 1 aromatic carbocycles. The lowest BCUT2D eigenvalue weighted by Gasteiger charge is -2.18. The van der Waals surface area contributed by atoms with Crippen LogP contribution in [0.3, 0.4) is 0 Å². The highest BCUT2D eigenvalue weighted by molar-refractivity contribution is 7.13. The SMILES string of the molecule is c1ccc(CCCNC2COC3C(Nc4nccc(-c5cccs5)n4)COC23)cc1. The van der Waals surface area contributed by atoms with Crippen LogP contribution in [-0.2, 0) is 15.9 Å². The number of aryl methyl sites for hydroxylation is 1. The van der Waals surface area contributed by atoms with Gasteiger partial charge >= 0.3 is 0 Å². The Hall–Kier alpha value is -2.32. The molecule has 3 aromatic rings. The lowest BCUT2D eigenvalue weighted by Crippen LogP contribution is -2.42. The number of thiophene rings is 1. The molecule has 2 aliphatic heterocycles. The maximum Gasteiger partial charge on any atom is 0.223 e. The molecule has 0 amide bonds. The van der Waals surface area contributed by atoms with Gasteiger partial charge in [0.2, 0.25) is 5.95 Å². The molecule has 2 aromatic heterocycles. The first-order valence-corrected chi connectivity index (χ1v) is 11.4. The third-order valence-corrected chi connectivity index (χ3v) is 6.58. The predicted octanol–water partition coefficient (Wildman–Crippen LogP) is 3.37. The Morgan fingerprint density at radius 1 is 0.967 bits per heavy atom. The van der Waals surface area contributed by atoms with Gasteiger partial charge in [-0.15, -0.1) is 11.3 Å². The van der Waals surface area contributed by atoms with E-state index in [0.29, 0.717) is 19.2 Å². The van der Waals surface area contributed by atoms with Crippen LogP contribution in [0.25, 0.3) is 10.6 Å². The molecule has 0 bridgehead atoms. The molecule has 7 heteroatoms. The molecule has 4 atom stereocenters. The number of hydrogen-bond donors (Lipinski definition) is 2. The molecule has 2 fully saturated rings. The first-order chi connectivity index (χ1) is 14.9. The van der Waals surface area contributed by atoms with Crippen LogP contribution in [0.15, 0.2) is 60.1 Å². The standard InChI is InChI=1S/C23H26N4O2S/c1-2-6-16(7-3-1)8-4-11-24-18-14-28-22-19(15-29-21(18)22)27-23-25-12-10-17(26-23)20-9-5-13-30-20/h1-3,5-7,9-10,12-13,18-19,21-22,24H,4,8,11,14-15H2,(H,25,26,27). The quantitative estimate of drug-likeness (QED) is 0.543. The van der Waals surface area contributed by atoms with Gasteiger partial charge < -0.3 is 20.1 Å². The summed E-state index contributed by atoms with van der Waals surface area (Å²) in [4.78, 5) is 10.2. The van der Waals surface area contributed by atoms with Crippen molar-refractivity contribution in [1.82, 2.24) is 15.3 Å². The fourth-order valence-electron chi connectivity index (χ4n) is 4.18. The number of rotatable bonds is 8. The zero-order valence-corrected chi connectivity index (χ0v) is 17.6. The summed E-state index contributed by atoms with van der Waals surface area (Å²) in [5, 5.41) is 9.11. The smallest absolute Gasteiger partial charge is 0.223 e. The second-order valence-corrected chi connectivity index (χ2v) is 8.69. The van der Waals surface area contributed by atoms with Crippen LogP contribution in [0, 0.1) is 0 Å². The fraction of sp³-hybridized carbons (Fsp3) is 0.391. The second kappa shape index (κ2) is 9.22. The molecular formula is C23H26N4O2S. The van der Waals surface area contributed by atoms with Gasteiger partial charge in [-0.1, -0.05) is 36.4 Å². The molecule has 4 unspecified atom stereocenters. The summed E-state index contributed by atoms with van der Waals surface area (Å²) in [5.41, 5.74) is 2.31. The Bertz CT molecular complexity index is 937. The first-order valence-electron chi connectivity index (χ1n) is 10.5. The Labute approximate surface area is 180 Å². The van der Waals surface area contributed by atoms with Gasteiger partial charge in [-0.3, -0.25) is 0 Å². The van der Waals surface area contributed by atoms with Gasteiger partial charge in [0.15, 0.2) is 0 Å². The van der Waals surface area contributed by atoms with Crippen molar-refractivity contribution in [2.75, 3.05) is 25.1 Å². The van der Waals surface area contributed by atoms with Crippen molar-refractivity contribution in [3.63, 3.8) is 0 Å². The first kappa shape index (κ1) is 19.6. The molecule has 2 N–H and O–H groups in total. The number of anilines is 1. The lowest BCUT2D eigenvalue weighted by molar-refractivity contribution is 0.0676. The number of nitrogens with one attached hydrogen (secondary N) is 2. The van der Waals surface area contributed by atoms with Crippen molar-refractivity contribution in [2.45, 2.75) is 37.1 Å². The van der Waals surface area contributed by atoms with Gasteiger partial charge in [0.1, 0.15) is 12.2 Å². The number of nitrogens with zero attached hydrogens (tertiary/aromatic N) is 2. The minimum atomic E-state index is 0.0191. The maximum absolute atomic E-state index is 6.09. The van der Waals surface area contributed by atoms with Gasteiger partial charge in [0, 0.05) is 6.20 Å². The largest absolute Gasteiger partial charge is 0.371 e. The number of ether oxygens (including phenoxy) is 2. The van der Waals surface area contributed by atoms with Crippen LogP contribution >= 0.6 is 11.3 Å². The van der Waals surface area contributed by atoms with E-state index >= 15 is 0 Å². The summed E-state index contributed by atoms with van der Waals surface area (Å²) in [6.07, 6.45) is 4.07. The van der Waals surface area contributed by atoms with Crippen LogP contribution in [0.4, 0.5) is 5.95 Å². The van der Waals surface area contributed by atoms with Gasteiger partial charge in [0.05, 0.1) is 35.9 Å². The predicted molar refractivity (Wildman–Crippen MR) is 119 cm³/mol. The van der Waals surface area contributed by atoms with E-state index in [0.717, 1.165) is 30.0 Å². The van der Waals surface area contributed by atoms with Crippen LogP contribution in [0.2, 0.25) is 0 Å². The molecular weight excluding hydrogens is 396 g/mol. The molecule has 0 saturated carbocycles. The highest BCUT2D eigenvalue weighted by Gasteiger charge is 2.47. The molecule has 2 saturated heterocycles. The molecule has 2 aliphatic rings. The molecule has 4 heterocycles. The van der Waals surface area contributed by atoms with Gasteiger partial charge in [0.25, 0.3) is 0 Å². The van der Waals surface area contributed by atoms with Crippen molar-refractivity contribution in [3.05, 3.63) is 65.7 Å². The fourth-order valence-corrected chi connectivity index (χ4v) is 4.87. The van der Waals surface area contributed by atoms with Crippen molar-refractivity contribution >= 4 is 17.3 Å².